The fourth-order valence-electron chi connectivity index (χ4n) is 4.19. The Bertz CT molecular complexity index is 729. The van der Waals surface area contributed by atoms with E-state index >= 15 is 0 Å². The molecule has 3 rings (SSSR count). The molecule has 1 heterocycles. The van der Waals surface area contributed by atoms with Crippen LogP contribution < -0.4 is 4.90 Å². The van der Waals surface area contributed by atoms with E-state index in [0.29, 0.717) is 19.1 Å². The van der Waals surface area contributed by atoms with Crippen molar-refractivity contribution in [3.63, 3.8) is 0 Å². The first-order valence-electron chi connectivity index (χ1n) is 8.97. The summed E-state index contributed by atoms with van der Waals surface area (Å²) in [6.45, 7) is 4.69. The summed E-state index contributed by atoms with van der Waals surface area (Å²) in [5, 5.41) is 11.2. The van der Waals surface area contributed by atoms with Gasteiger partial charge < -0.3 is 4.90 Å². The molecule has 1 saturated carbocycles. The van der Waals surface area contributed by atoms with Crippen LogP contribution in [0.1, 0.15) is 32.6 Å². The first-order chi connectivity index (χ1) is 11.9. The summed E-state index contributed by atoms with van der Waals surface area (Å²) < 4.78 is 27.1. The summed E-state index contributed by atoms with van der Waals surface area (Å²) in [5.41, 5.74) is -0.349. The molecule has 25 heavy (non-hydrogen) atoms. The maximum atomic E-state index is 12.9. The fraction of sp³-hybridized carbons (Fsp3) is 0.647. The van der Waals surface area contributed by atoms with Crippen LogP contribution >= 0.6 is 0 Å². The van der Waals surface area contributed by atoms with Gasteiger partial charge >= 0.3 is 0 Å². The number of hydrogen-bond acceptors (Lipinski definition) is 4. The summed E-state index contributed by atoms with van der Waals surface area (Å²) in [7, 11) is -3.82. The predicted octanol–water partition coefficient (Wildman–Crippen LogP) is 1.06. The molecule has 2 fully saturated rings. The molecule has 0 radical (unpaired) electrons. The monoisotopic (exact) mass is 368 g/mol. The molecular formula is C17H26N3O4S+. The lowest BCUT2D eigenvalue weighted by Gasteiger charge is -2.38. The van der Waals surface area contributed by atoms with Crippen LogP contribution in [0.3, 0.4) is 0 Å². The van der Waals surface area contributed by atoms with Crippen molar-refractivity contribution in [1.82, 2.24) is 4.31 Å². The Morgan fingerprint density at radius 1 is 1.20 bits per heavy atom. The second-order valence-electron chi connectivity index (χ2n) is 7.26. The van der Waals surface area contributed by atoms with E-state index in [1.807, 2.05) is 0 Å². The van der Waals surface area contributed by atoms with E-state index in [1.54, 1.807) is 0 Å². The number of quaternary nitrogens is 1. The van der Waals surface area contributed by atoms with Crippen LogP contribution in [0, 0.1) is 16.0 Å². The first kappa shape index (κ1) is 18.3. The summed E-state index contributed by atoms with van der Waals surface area (Å²) in [5.74, 6) is 0.750. The lowest BCUT2D eigenvalue weighted by molar-refractivity contribution is -0.930. The maximum Gasteiger partial charge on any atom is 0.289 e. The third-order valence-corrected chi connectivity index (χ3v) is 7.50. The Kier molecular flexibility index (Phi) is 5.41. The van der Waals surface area contributed by atoms with Crippen molar-refractivity contribution in [2.45, 2.75) is 43.5 Å². The molecule has 1 aliphatic heterocycles. The molecule has 0 spiro atoms. The Morgan fingerprint density at radius 2 is 1.88 bits per heavy atom. The Labute approximate surface area is 148 Å². The quantitative estimate of drug-likeness (QED) is 0.636. The molecule has 8 heteroatoms. The molecular weight excluding hydrogens is 342 g/mol. The zero-order chi connectivity index (χ0) is 18.0. The van der Waals surface area contributed by atoms with Gasteiger partial charge in [0.15, 0.2) is 4.90 Å². The van der Waals surface area contributed by atoms with Gasteiger partial charge in [-0.15, -0.1) is 0 Å². The van der Waals surface area contributed by atoms with E-state index in [0.717, 1.165) is 19.0 Å². The van der Waals surface area contributed by atoms with Crippen LogP contribution in [0.2, 0.25) is 0 Å². The second kappa shape index (κ2) is 7.39. The number of sulfonamides is 1. The van der Waals surface area contributed by atoms with Gasteiger partial charge in [-0.3, -0.25) is 10.1 Å². The predicted molar refractivity (Wildman–Crippen MR) is 94.0 cm³/mol. The lowest BCUT2D eigenvalue weighted by atomic mass is 9.86. The third-order valence-electron chi connectivity index (χ3n) is 5.56. The standard InChI is InChI=1S/C17H25N3O4S/c1-14-5-4-6-15(13-14)18-9-11-19(12-10-18)25(23,24)17-8-3-2-7-16(17)20(21)22/h2-3,7-8,14-15H,4-6,9-13H2,1H3/p+1/t14-,15+/m1/s1. The van der Waals surface area contributed by atoms with Crippen LogP contribution in [-0.2, 0) is 10.0 Å². The third kappa shape index (κ3) is 3.86. The molecule has 1 N–H and O–H groups in total. The van der Waals surface area contributed by atoms with Gasteiger partial charge in [-0.25, -0.2) is 8.42 Å². The molecule has 0 amide bonds. The van der Waals surface area contributed by atoms with E-state index in [1.165, 1.54) is 59.2 Å². The van der Waals surface area contributed by atoms with Crippen LogP contribution in [0.5, 0.6) is 0 Å². The molecule has 1 saturated heterocycles. The number of nitro benzene ring substituents is 1. The molecule has 2 aliphatic rings. The van der Waals surface area contributed by atoms with Crippen molar-refractivity contribution in [2.24, 2.45) is 5.92 Å². The minimum Gasteiger partial charge on any atom is -0.330 e. The number of benzene rings is 1. The highest BCUT2D eigenvalue weighted by molar-refractivity contribution is 7.89. The maximum absolute atomic E-state index is 12.9. The largest absolute Gasteiger partial charge is 0.330 e. The van der Waals surface area contributed by atoms with Crippen LogP contribution in [0.4, 0.5) is 5.69 Å². The van der Waals surface area contributed by atoms with Gasteiger partial charge in [-0.1, -0.05) is 25.5 Å². The Balaban J connectivity index is 1.71. The highest BCUT2D eigenvalue weighted by Gasteiger charge is 2.37. The molecule has 1 aromatic carbocycles. The molecule has 2 atom stereocenters. The molecule has 1 aliphatic carbocycles. The van der Waals surface area contributed by atoms with Crippen molar-refractivity contribution in [2.75, 3.05) is 26.2 Å². The first-order valence-corrected chi connectivity index (χ1v) is 10.4. The molecule has 0 aromatic heterocycles. The molecule has 0 bridgehead atoms. The Morgan fingerprint density at radius 3 is 2.52 bits per heavy atom. The van der Waals surface area contributed by atoms with Gasteiger partial charge in [0.2, 0.25) is 10.0 Å². The summed E-state index contributed by atoms with van der Waals surface area (Å²) in [6, 6.07) is 6.22. The zero-order valence-electron chi connectivity index (χ0n) is 14.6. The van der Waals surface area contributed by atoms with Crippen molar-refractivity contribution in [3.05, 3.63) is 34.4 Å². The van der Waals surface area contributed by atoms with Gasteiger partial charge in [0, 0.05) is 12.5 Å². The average Bonchev–Trinajstić information content (AvgIpc) is 2.62. The minimum atomic E-state index is -3.82. The Hall–Kier alpha value is -1.51. The van der Waals surface area contributed by atoms with Gasteiger partial charge in [0.05, 0.1) is 37.1 Å². The fourth-order valence-corrected chi connectivity index (χ4v) is 5.79. The van der Waals surface area contributed by atoms with Gasteiger partial charge in [0.25, 0.3) is 5.69 Å². The van der Waals surface area contributed by atoms with E-state index in [-0.39, 0.29) is 10.6 Å². The van der Waals surface area contributed by atoms with E-state index < -0.39 is 14.9 Å². The molecule has 7 nitrogen and oxygen atoms in total. The second-order valence-corrected chi connectivity index (χ2v) is 9.16. The number of piperazine rings is 1. The van der Waals surface area contributed by atoms with Gasteiger partial charge in [-0.05, 0) is 24.8 Å². The summed E-state index contributed by atoms with van der Waals surface area (Å²) >= 11 is 0. The number of nitrogens with zero attached hydrogens (tertiary/aromatic N) is 2. The average molecular weight is 368 g/mol. The lowest BCUT2D eigenvalue weighted by Crippen LogP contribution is -3.18. The van der Waals surface area contributed by atoms with Crippen molar-refractivity contribution < 1.29 is 18.2 Å². The number of hydrogen-bond donors (Lipinski definition) is 1. The van der Waals surface area contributed by atoms with Crippen molar-refractivity contribution in [1.29, 1.82) is 0 Å². The van der Waals surface area contributed by atoms with Crippen molar-refractivity contribution in [3.8, 4) is 0 Å². The summed E-state index contributed by atoms with van der Waals surface area (Å²) in [6.07, 6.45) is 4.98. The van der Waals surface area contributed by atoms with E-state index in [2.05, 4.69) is 6.92 Å². The smallest absolute Gasteiger partial charge is 0.289 e. The zero-order valence-corrected chi connectivity index (χ0v) is 15.4. The minimum absolute atomic E-state index is 0.199. The van der Waals surface area contributed by atoms with Gasteiger partial charge in [0.1, 0.15) is 0 Å². The highest BCUT2D eigenvalue weighted by atomic mass is 32.2. The van der Waals surface area contributed by atoms with E-state index in [4.69, 9.17) is 0 Å². The summed E-state index contributed by atoms with van der Waals surface area (Å²) in [4.78, 5) is 11.8. The van der Waals surface area contributed by atoms with Crippen molar-refractivity contribution >= 4 is 15.7 Å². The molecule has 0 unspecified atom stereocenters. The number of rotatable bonds is 4. The highest BCUT2D eigenvalue weighted by Crippen LogP contribution is 2.26. The molecule has 138 valence electrons. The number of para-hydroxylation sites is 1. The number of nitrogens with one attached hydrogen (secondary N) is 1. The van der Waals surface area contributed by atoms with Crippen LogP contribution in [0.25, 0.3) is 0 Å². The number of nitro groups is 1. The topological polar surface area (TPSA) is 85.0 Å². The SMILES string of the molecule is C[C@@H]1CCC[C@H]([NH+]2CCN(S(=O)(=O)c3ccccc3[N+](=O)[O-])CC2)C1. The van der Waals surface area contributed by atoms with E-state index in [9.17, 15) is 18.5 Å². The van der Waals surface area contributed by atoms with Crippen LogP contribution in [-0.4, -0.2) is 49.9 Å². The normalized spacial score (nSPS) is 26.4. The van der Waals surface area contributed by atoms with Crippen LogP contribution in [0.15, 0.2) is 29.2 Å². The van der Waals surface area contributed by atoms with Gasteiger partial charge in [-0.2, -0.15) is 4.31 Å². The molecule has 1 aromatic rings.